The van der Waals surface area contributed by atoms with Crippen molar-refractivity contribution < 1.29 is 5.11 Å². The average molecular weight is 183 g/mol. The molecule has 0 aromatic heterocycles. The largest absolute Gasteiger partial charge is 0.507 e. The van der Waals surface area contributed by atoms with Crippen molar-refractivity contribution in [1.29, 1.82) is 0 Å². The van der Waals surface area contributed by atoms with Crippen molar-refractivity contribution in [3.05, 3.63) is 34.9 Å². The Bertz CT molecular complexity index is 316. The fourth-order valence-corrected chi connectivity index (χ4v) is 1.15. The van der Waals surface area contributed by atoms with Crippen molar-refractivity contribution in [2.75, 3.05) is 0 Å². The molecule has 1 rings (SSSR count). The van der Waals surface area contributed by atoms with Gasteiger partial charge in [-0.05, 0) is 37.6 Å². The zero-order valence-corrected chi connectivity index (χ0v) is 7.89. The summed E-state index contributed by atoms with van der Waals surface area (Å²) in [6.07, 6.45) is 1.94. The predicted molar refractivity (Wildman–Crippen MR) is 52.4 cm³/mol. The lowest BCUT2D eigenvalue weighted by Crippen LogP contribution is -1.80. The number of aromatic hydroxyl groups is 1. The Morgan fingerprint density at radius 1 is 1.50 bits per heavy atom. The lowest BCUT2D eigenvalue weighted by atomic mass is 10.1. The summed E-state index contributed by atoms with van der Waals surface area (Å²) in [5.74, 6) is 0.273. The van der Waals surface area contributed by atoms with E-state index < -0.39 is 0 Å². The fourth-order valence-electron chi connectivity index (χ4n) is 0.980. The molecule has 12 heavy (non-hydrogen) atoms. The minimum Gasteiger partial charge on any atom is -0.507 e. The topological polar surface area (TPSA) is 20.2 Å². The van der Waals surface area contributed by atoms with Gasteiger partial charge in [-0.1, -0.05) is 17.7 Å². The molecule has 1 aromatic carbocycles. The lowest BCUT2D eigenvalue weighted by Gasteiger charge is -2.04. The summed E-state index contributed by atoms with van der Waals surface area (Å²) in [5, 5.41) is 10.1. The van der Waals surface area contributed by atoms with Crippen LogP contribution in [0.5, 0.6) is 5.75 Å². The van der Waals surface area contributed by atoms with Crippen molar-refractivity contribution in [3.63, 3.8) is 0 Å². The number of phenolic OH excluding ortho intramolecular Hbond substituents is 1. The van der Waals surface area contributed by atoms with Crippen LogP contribution in [0.3, 0.4) is 0 Å². The minimum absolute atomic E-state index is 0.273. The molecule has 0 saturated carbocycles. The van der Waals surface area contributed by atoms with Gasteiger partial charge in [-0.3, -0.25) is 0 Å². The Hall–Kier alpha value is -0.950. The minimum atomic E-state index is 0.273. The van der Waals surface area contributed by atoms with Gasteiger partial charge in [0.15, 0.2) is 0 Å². The first-order valence-corrected chi connectivity index (χ1v) is 4.14. The summed E-state index contributed by atoms with van der Waals surface area (Å²) in [4.78, 5) is 0. The molecule has 0 bridgehead atoms. The van der Waals surface area contributed by atoms with Gasteiger partial charge in [0.25, 0.3) is 0 Å². The molecule has 0 unspecified atom stereocenters. The fraction of sp³-hybridized carbons (Fsp3) is 0.200. The molecule has 0 saturated heterocycles. The van der Waals surface area contributed by atoms with Crippen LogP contribution in [0.2, 0.25) is 5.02 Å². The number of allylic oxidation sites excluding steroid dienone is 2. The number of rotatable bonds is 1. The number of halogens is 1. The van der Waals surface area contributed by atoms with Gasteiger partial charge in [-0.25, -0.2) is 0 Å². The van der Waals surface area contributed by atoms with E-state index in [9.17, 15) is 5.11 Å². The number of hydrogen-bond acceptors (Lipinski definition) is 1. The number of hydrogen-bond donors (Lipinski definition) is 1. The first-order valence-electron chi connectivity index (χ1n) is 3.77. The van der Waals surface area contributed by atoms with E-state index in [0.29, 0.717) is 5.02 Å². The molecule has 0 radical (unpaired) electrons. The highest BCUT2D eigenvalue weighted by molar-refractivity contribution is 6.30. The second-order valence-electron chi connectivity index (χ2n) is 2.63. The molecule has 64 valence electrons. The zero-order valence-electron chi connectivity index (χ0n) is 7.13. The van der Waals surface area contributed by atoms with Gasteiger partial charge in [0.05, 0.1) is 0 Å². The van der Waals surface area contributed by atoms with Gasteiger partial charge in [0, 0.05) is 10.6 Å². The van der Waals surface area contributed by atoms with Crippen molar-refractivity contribution >= 4 is 17.2 Å². The normalized spacial score (nSPS) is 11.8. The van der Waals surface area contributed by atoms with E-state index in [2.05, 4.69) is 0 Å². The number of phenols is 1. The molecule has 1 N–H and O–H groups in total. The summed E-state index contributed by atoms with van der Waals surface area (Å²) in [6, 6.07) is 5.03. The summed E-state index contributed by atoms with van der Waals surface area (Å²) in [5.41, 5.74) is 1.82. The Morgan fingerprint density at radius 3 is 2.75 bits per heavy atom. The molecule has 0 amide bonds. The van der Waals surface area contributed by atoms with Gasteiger partial charge < -0.3 is 5.11 Å². The van der Waals surface area contributed by atoms with Crippen LogP contribution in [0.25, 0.3) is 5.57 Å². The summed E-state index contributed by atoms with van der Waals surface area (Å²) < 4.78 is 0. The van der Waals surface area contributed by atoms with Crippen LogP contribution in [0.15, 0.2) is 24.3 Å². The number of benzene rings is 1. The molecule has 0 aliphatic carbocycles. The third-order valence-electron chi connectivity index (χ3n) is 1.82. The molecule has 1 aromatic rings. The summed E-state index contributed by atoms with van der Waals surface area (Å²) in [6.45, 7) is 3.86. The van der Waals surface area contributed by atoms with E-state index in [1.165, 1.54) is 0 Å². The van der Waals surface area contributed by atoms with Crippen molar-refractivity contribution in [3.8, 4) is 5.75 Å². The van der Waals surface area contributed by atoms with Crippen LogP contribution in [-0.4, -0.2) is 5.11 Å². The van der Waals surface area contributed by atoms with Crippen LogP contribution >= 0.6 is 11.6 Å². The maximum atomic E-state index is 9.44. The standard InChI is InChI=1S/C10H11ClO/c1-3-7(2)9-6-8(11)4-5-10(9)12/h3-6,12H,1-2H3/b7-3+. The highest BCUT2D eigenvalue weighted by Crippen LogP contribution is 2.27. The maximum Gasteiger partial charge on any atom is 0.123 e. The predicted octanol–water partition coefficient (Wildman–Crippen LogP) is 3.47. The van der Waals surface area contributed by atoms with Gasteiger partial charge in [-0.15, -0.1) is 0 Å². The van der Waals surface area contributed by atoms with Crippen molar-refractivity contribution in [2.24, 2.45) is 0 Å². The average Bonchev–Trinajstić information content (AvgIpc) is 2.08. The van der Waals surface area contributed by atoms with Gasteiger partial charge in [0.2, 0.25) is 0 Å². The van der Waals surface area contributed by atoms with E-state index in [1.807, 2.05) is 19.9 Å². The van der Waals surface area contributed by atoms with E-state index in [0.717, 1.165) is 11.1 Å². The molecule has 0 aliphatic rings. The second-order valence-corrected chi connectivity index (χ2v) is 3.07. The smallest absolute Gasteiger partial charge is 0.123 e. The third-order valence-corrected chi connectivity index (χ3v) is 2.05. The summed E-state index contributed by atoms with van der Waals surface area (Å²) in [7, 11) is 0. The first kappa shape index (κ1) is 9.14. The molecule has 0 aliphatic heterocycles. The molecule has 1 nitrogen and oxygen atoms in total. The Kier molecular flexibility index (Phi) is 2.77. The van der Waals surface area contributed by atoms with Crippen molar-refractivity contribution in [2.45, 2.75) is 13.8 Å². The summed E-state index contributed by atoms with van der Waals surface area (Å²) >= 11 is 5.78. The molecule has 2 heteroatoms. The Morgan fingerprint density at radius 2 is 2.17 bits per heavy atom. The van der Waals surface area contributed by atoms with Crippen molar-refractivity contribution in [1.82, 2.24) is 0 Å². The van der Waals surface area contributed by atoms with E-state index in [-0.39, 0.29) is 5.75 Å². The molecule has 0 heterocycles. The monoisotopic (exact) mass is 182 g/mol. The maximum absolute atomic E-state index is 9.44. The lowest BCUT2D eigenvalue weighted by molar-refractivity contribution is 0.473. The third kappa shape index (κ3) is 1.80. The van der Waals surface area contributed by atoms with E-state index in [1.54, 1.807) is 18.2 Å². The van der Waals surface area contributed by atoms with Crippen LogP contribution in [0.1, 0.15) is 19.4 Å². The zero-order chi connectivity index (χ0) is 9.14. The highest BCUT2D eigenvalue weighted by atomic mass is 35.5. The van der Waals surface area contributed by atoms with Gasteiger partial charge in [-0.2, -0.15) is 0 Å². The van der Waals surface area contributed by atoms with Crippen LogP contribution in [-0.2, 0) is 0 Å². The van der Waals surface area contributed by atoms with E-state index >= 15 is 0 Å². The molecule has 0 atom stereocenters. The first-order chi connectivity index (χ1) is 5.65. The Labute approximate surface area is 77.3 Å². The molecular formula is C10H11ClO. The van der Waals surface area contributed by atoms with Crippen LogP contribution in [0.4, 0.5) is 0 Å². The Balaban J connectivity index is 3.23. The second kappa shape index (κ2) is 3.63. The molecule has 0 fully saturated rings. The van der Waals surface area contributed by atoms with Crippen LogP contribution in [0, 0.1) is 0 Å². The van der Waals surface area contributed by atoms with E-state index in [4.69, 9.17) is 11.6 Å². The quantitative estimate of drug-likeness (QED) is 0.705. The molecule has 0 spiro atoms. The van der Waals surface area contributed by atoms with Gasteiger partial charge in [0.1, 0.15) is 5.75 Å². The molecular weight excluding hydrogens is 172 g/mol. The highest BCUT2D eigenvalue weighted by Gasteiger charge is 2.02. The van der Waals surface area contributed by atoms with Gasteiger partial charge >= 0.3 is 0 Å². The van der Waals surface area contributed by atoms with Crippen LogP contribution < -0.4 is 0 Å². The SMILES string of the molecule is C/C=C(\C)c1cc(Cl)ccc1O.